The Labute approximate surface area is 91.1 Å². The fourth-order valence-electron chi connectivity index (χ4n) is 0.768. The first-order valence-electron chi connectivity index (χ1n) is 3.99. The molecule has 0 N–H and O–H groups in total. The van der Waals surface area contributed by atoms with Gasteiger partial charge in [0.2, 0.25) is 0 Å². The minimum absolute atomic E-state index is 0.135. The molecule has 13 heavy (non-hydrogen) atoms. The number of carbonyl (C=O) groups excluding carboxylic acids is 2. The number of alkyl halides is 1. The summed E-state index contributed by atoms with van der Waals surface area (Å²) in [5.41, 5.74) is 0. The van der Waals surface area contributed by atoms with Gasteiger partial charge in [0.1, 0.15) is 6.10 Å². The van der Waals surface area contributed by atoms with Crippen LogP contribution in [-0.2, 0) is 19.1 Å². The molecule has 0 amide bonds. The topological polar surface area (TPSA) is 52.6 Å². The molecule has 1 unspecified atom stereocenters. The van der Waals surface area contributed by atoms with E-state index >= 15 is 0 Å². The number of hydrogen-bond acceptors (Lipinski definition) is 4. The average molecular weight is 300 g/mol. The Morgan fingerprint density at radius 1 is 1.46 bits per heavy atom. The third-order valence-electron chi connectivity index (χ3n) is 1.20. The Balaban J connectivity index is 3.83. The maximum atomic E-state index is 11.0. The van der Waals surface area contributed by atoms with E-state index in [2.05, 4.69) is 22.6 Å². The summed E-state index contributed by atoms with van der Waals surface area (Å²) in [6.07, 6.45) is -0.228. The quantitative estimate of drug-likeness (QED) is 0.436. The van der Waals surface area contributed by atoms with Crippen LogP contribution >= 0.6 is 22.6 Å². The van der Waals surface area contributed by atoms with E-state index in [-0.39, 0.29) is 24.5 Å². The van der Waals surface area contributed by atoms with Crippen LogP contribution in [0.2, 0.25) is 0 Å². The van der Waals surface area contributed by atoms with Crippen molar-refractivity contribution in [2.45, 2.75) is 26.4 Å². The number of rotatable bonds is 5. The molecule has 0 rings (SSSR count). The fourth-order valence-corrected chi connectivity index (χ4v) is 1.26. The molecule has 0 saturated carbocycles. The van der Waals surface area contributed by atoms with Crippen LogP contribution in [-0.4, -0.2) is 29.1 Å². The molecule has 1 atom stereocenters. The van der Waals surface area contributed by atoms with Crippen molar-refractivity contribution in [3.63, 3.8) is 0 Å². The summed E-state index contributed by atoms with van der Waals surface area (Å²) >= 11 is 2.06. The van der Waals surface area contributed by atoms with E-state index in [1.54, 1.807) is 6.92 Å². The van der Waals surface area contributed by atoms with Crippen LogP contribution in [0.1, 0.15) is 20.3 Å². The molecule has 76 valence electrons. The molecule has 0 heterocycles. The molecule has 0 radical (unpaired) electrons. The van der Waals surface area contributed by atoms with Gasteiger partial charge in [0.25, 0.3) is 0 Å². The summed E-state index contributed by atoms with van der Waals surface area (Å²) in [5.74, 6) is -0.698. The van der Waals surface area contributed by atoms with Crippen molar-refractivity contribution < 1.29 is 19.1 Å². The Morgan fingerprint density at radius 3 is 2.46 bits per heavy atom. The largest absolute Gasteiger partial charge is 0.466 e. The van der Waals surface area contributed by atoms with E-state index in [0.29, 0.717) is 11.0 Å². The Morgan fingerprint density at radius 2 is 2.08 bits per heavy atom. The zero-order valence-electron chi connectivity index (χ0n) is 7.71. The second-order valence-corrected chi connectivity index (χ2v) is 3.28. The first-order chi connectivity index (χ1) is 6.10. The normalized spacial score (nSPS) is 11.9. The SMILES string of the molecule is CCOC(=O)CC(CI)OC(C)=O. The number of esters is 2. The van der Waals surface area contributed by atoms with Gasteiger partial charge in [-0.25, -0.2) is 0 Å². The molecule has 0 aliphatic heterocycles. The van der Waals surface area contributed by atoms with Crippen molar-refractivity contribution in [3.8, 4) is 0 Å². The minimum atomic E-state index is -0.369. The van der Waals surface area contributed by atoms with Gasteiger partial charge in [0, 0.05) is 11.4 Å². The van der Waals surface area contributed by atoms with Gasteiger partial charge in [-0.3, -0.25) is 9.59 Å². The molecule has 0 bridgehead atoms. The Hall–Kier alpha value is -0.330. The maximum absolute atomic E-state index is 11.0. The van der Waals surface area contributed by atoms with Gasteiger partial charge in [-0.1, -0.05) is 22.6 Å². The summed E-state index contributed by atoms with van der Waals surface area (Å²) in [7, 11) is 0. The second-order valence-electron chi connectivity index (χ2n) is 2.39. The lowest BCUT2D eigenvalue weighted by molar-refractivity contribution is -0.151. The van der Waals surface area contributed by atoms with Crippen molar-refractivity contribution in [1.82, 2.24) is 0 Å². The highest BCUT2D eigenvalue weighted by Gasteiger charge is 2.15. The fraction of sp³-hybridized carbons (Fsp3) is 0.750. The lowest BCUT2D eigenvalue weighted by Crippen LogP contribution is -2.22. The zero-order chi connectivity index (χ0) is 10.3. The predicted molar refractivity (Wildman–Crippen MR) is 55.7 cm³/mol. The summed E-state index contributed by atoms with van der Waals surface area (Å²) in [5, 5.41) is 0. The van der Waals surface area contributed by atoms with E-state index in [4.69, 9.17) is 9.47 Å². The molecule has 0 aliphatic rings. The van der Waals surface area contributed by atoms with E-state index in [9.17, 15) is 9.59 Å². The second kappa shape index (κ2) is 7.11. The molecule has 0 aromatic heterocycles. The first-order valence-corrected chi connectivity index (χ1v) is 5.51. The summed E-state index contributed by atoms with van der Waals surface area (Å²) in [6, 6.07) is 0. The van der Waals surface area contributed by atoms with E-state index in [0.717, 1.165) is 0 Å². The van der Waals surface area contributed by atoms with E-state index < -0.39 is 0 Å². The Bertz CT molecular complexity index is 181. The highest BCUT2D eigenvalue weighted by molar-refractivity contribution is 14.1. The standard InChI is InChI=1S/C8H13IO4/c1-3-12-8(11)4-7(5-9)13-6(2)10/h7H,3-5H2,1-2H3. The van der Waals surface area contributed by atoms with Crippen molar-refractivity contribution in [3.05, 3.63) is 0 Å². The van der Waals surface area contributed by atoms with Gasteiger partial charge in [0.15, 0.2) is 0 Å². The molecule has 0 aromatic rings. The molecule has 0 fully saturated rings. The number of halogens is 1. The maximum Gasteiger partial charge on any atom is 0.309 e. The van der Waals surface area contributed by atoms with Crippen LogP contribution in [0.3, 0.4) is 0 Å². The monoisotopic (exact) mass is 300 g/mol. The van der Waals surface area contributed by atoms with E-state index in [1.807, 2.05) is 0 Å². The summed E-state index contributed by atoms with van der Waals surface area (Å²) in [6.45, 7) is 3.42. The molecule has 0 saturated heterocycles. The van der Waals surface area contributed by atoms with Gasteiger partial charge in [-0.2, -0.15) is 0 Å². The van der Waals surface area contributed by atoms with Crippen molar-refractivity contribution in [1.29, 1.82) is 0 Å². The summed E-state index contributed by atoms with van der Waals surface area (Å²) in [4.78, 5) is 21.6. The first kappa shape index (κ1) is 12.7. The smallest absolute Gasteiger partial charge is 0.309 e. The van der Waals surface area contributed by atoms with Crippen molar-refractivity contribution >= 4 is 34.5 Å². The number of ether oxygens (including phenoxy) is 2. The van der Waals surface area contributed by atoms with Gasteiger partial charge < -0.3 is 9.47 Å². The third kappa shape index (κ3) is 6.80. The van der Waals surface area contributed by atoms with Crippen LogP contribution in [0.25, 0.3) is 0 Å². The van der Waals surface area contributed by atoms with Crippen LogP contribution in [0.4, 0.5) is 0 Å². The highest BCUT2D eigenvalue weighted by Crippen LogP contribution is 2.05. The highest BCUT2D eigenvalue weighted by atomic mass is 127. The molecular formula is C8H13IO4. The van der Waals surface area contributed by atoms with Gasteiger partial charge in [-0.05, 0) is 6.92 Å². The molecule has 4 nitrogen and oxygen atoms in total. The Kier molecular flexibility index (Phi) is 6.93. The molecule has 0 spiro atoms. The van der Waals surface area contributed by atoms with Crippen molar-refractivity contribution in [2.24, 2.45) is 0 Å². The third-order valence-corrected chi connectivity index (χ3v) is 2.19. The minimum Gasteiger partial charge on any atom is -0.466 e. The van der Waals surface area contributed by atoms with Crippen LogP contribution in [0.15, 0.2) is 0 Å². The number of hydrogen-bond donors (Lipinski definition) is 0. The van der Waals surface area contributed by atoms with Crippen LogP contribution < -0.4 is 0 Å². The predicted octanol–water partition coefficient (Wildman–Crippen LogP) is 1.31. The molecular weight excluding hydrogens is 287 g/mol. The lowest BCUT2D eigenvalue weighted by atomic mass is 10.3. The van der Waals surface area contributed by atoms with Crippen molar-refractivity contribution in [2.75, 3.05) is 11.0 Å². The van der Waals surface area contributed by atoms with Crippen LogP contribution in [0, 0.1) is 0 Å². The zero-order valence-corrected chi connectivity index (χ0v) is 9.87. The lowest BCUT2D eigenvalue weighted by Gasteiger charge is -2.12. The number of carbonyl (C=O) groups is 2. The van der Waals surface area contributed by atoms with Gasteiger partial charge in [0.05, 0.1) is 13.0 Å². The van der Waals surface area contributed by atoms with Gasteiger partial charge >= 0.3 is 11.9 Å². The van der Waals surface area contributed by atoms with E-state index in [1.165, 1.54) is 6.92 Å². The summed E-state index contributed by atoms with van der Waals surface area (Å²) < 4.78 is 10.2. The van der Waals surface area contributed by atoms with Crippen LogP contribution in [0.5, 0.6) is 0 Å². The van der Waals surface area contributed by atoms with Gasteiger partial charge in [-0.15, -0.1) is 0 Å². The molecule has 5 heteroatoms. The molecule has 0 aliphatic carbocycles. The molecule has 0 aromatic carbocycles. The average Bonchev–Trinajstić information content (AvgIpc) is 2.02.